The van der Waals surface area contributed by atoms with E-state index in [2.05, 4.69) is 0 Å². The summed E-state index contributed by atoms with van der Waals surface area (Å²) in [7, 11) is 1.57. The lowest BCUT2D eigenvalue weighted by Crippen LogP contribution is -2.29. The molecular weight excluding hydrogens is 418 g/mol. The van der Waals surface area contributed by atoms with Crippen LogP contribution in [0.25, 0.3) is 0 Å². The van der Waals surface area contributed by atoms with E-state index < -0.39 is 17.8 Å². The minimum Gasteiger partial charge on any atom is -0.497 e. The van der Waals surface area contributed by atoms with Gasteiger partial charge in [0.15, 0.2) is 0 Å². The van der Waals surface area contributed by atoms with Crippen molar-refractivity contribution in [1.82, 2.24) is 4.90 Å². The van der Waals surface area contributed by atoms with Crippen LogP contribution in [0.3, 0.4) is 0 Å². The molecule has 1 heterocycles. The van der Waals surface area contributed by atoms with Gasteiger partial charge in [-0.1, -0.05) is 41.9 Å². The molecule has 0 fully saturated rings. The third-order valence-corrected chi connectivity index (χ3v) is 5.39. The normalized spacial score (nSPS) is 12.6. The second-order valence-electron chi connectivity index (χ2n) is 6.97. The van der Waals surface area contributed by atoms with E-state index in [-0.39, 0.29) is 29.8 Å². The summed E-state index contributed by atoms with van der Waals surface area (Å²) in [6, 6.07) is 18.5. The summed E-state index contributed by atoms with van der Waals surface area (Å²) in [6.45, 7) is 0.134. The van der Waals surface area contributed by atoms with Gasteiger partial charge >= 0.3 is 5.97 Å². The lowest BCUT2D eigenvalue weighted by Gasteiger charge is -2.14. The molecule has 0 aliphatic carbocycles. The number of rotatable bonds is 6. The molecule has 156 valence electrons. The van der Waals surface area contributed by atoms with Crippen LogP contribution in [0.1, 0.15) is 42.2 Å². The SMILES string of the molecule is COc1ccc(CN2C(=O)c3ccc(C(=O)OCc4ccccc4Cl)cc3C2=O)cc1. The number of nitrogens with zero attached hydrogens (tertiary/aromatic N) is 1. The Morgan fingerprint density at radius 3 is 2.35 bits per heavy atom. The molecule has 1 aliphatic rings. The van der Waals surface area contributed by atoms with E-state index in [9.17, 15) is 14.4 Å². The number of hydrogen-bond donors (Lipinski definition) is 0. The number of hydrogen-bond acceptors (Lipinski definition) is 5. The summed E-state index contributed by atoms with van der Waals surface area (Å²) < 4.78 is 10.4. The van der Waals surface area contributed by atoms with Gasteiger partial charge in [-0.15, -0.1) is 0 Å². The van der Waals surface area contributed by atoms with E-state index in [1.165, 1.54) is 18.2 Å². The van der Waals surface area contributed by atoms with E-state index in [0.29, 0.717) is 16.3 Å². The zero-order valence-corrected chi connectivity index (χ0v) is 17.4. The van der Waals surface area contributed by atoms with Crippen LogP contribution in [0.15, 0.2) is 66.7 Å². The molecule has 0 bridgehead atoms. The number of ether oxygens (including phenoxy) is 2. The van der Waals surface area contributed by atoms with Crippen LogP contribution in [-0.2, 0) is 17.9 Å². The number of carbonyl (C=O) groups excluding carboxylic acids is 3. The van der Waals surface area contributed by atoms with Crippen LogP contribution < -0.4 is 4.74 Å². The maximum atomic E-state index is 12.8. The Morgan fingerprint density at radius 2 is 1.65 bits per heavy atom. The van der Waals surface area contributed by atoms with Crippen molar-refractivity contribution < 1.29 is 23.9 Å². The van der Waals surface area contributed by atoms with Gasteiger partial charge in [-0.2, -0.15) is 0 Å². The van der Waals surface area contributed by atoms with Crippen molar-refractivity contribution in [3.8, 4) is 5.75 Å². The molecule has 2 amide bonds. The maximum Gasteiger partial charge on any atom is 0.338 e. The molecule has 7 heteroatoms. The van der Waals surface area contributed by atoms with Gasteiger partial charge in [0.1, 0.15) is 12.4 Å². The highest BCUT2D eigenvalue weighted by molar-refractivity contribution is 6.31. The van der Waals surface area contributed by atoms with Crippen molar-refractivity contribution in [2.75, 3.05) is 7.11 Å². The summed E-state index contributed by atoms with van der Waals surface area (Å²) >= 11 is 6.08. The molecule has 3 aromatic carbocycles. The Hall–Kier alpha value is -3.64. The molecule has 0 saturated heterocycles. The number of imide groups is 1. The van der Waals surface area contributed by atoms with Gasteiger partial charge in [-0.05, 0) is 42.0 Å². The average Bonchev–Trinajstić information content (AvgIpc) is 3.03. The first-order valence-electron chi connectivity index (χ1n) is 9.51. The van der Waals surface area contributed by atoms with E-state index in [1.807, 2.05) is 0 Å². The van der Waals surface area contributed by atoms with Gasteiger partial charge in [-0.3, -0.25) is 14.5 Å². The molecule has 0 atom stereocenters. The van der Waals surface area contributed by atoms with Gasteiger partial charge in [0.2, 0.25) is 0 Å². The molecule has 6 nitrogen and oxygen atoms in total. The minimum atomic E-state index is -0.600. The second kappa shape index (κ2) is 8.62. The highest BCUT2D eigenvalue weighted by Gasteiger charge is 2.36. The fourth-order valence-corrected chi connectivity index (χ4v) is 3.51. The summed E-state index contributed by atoms with van der Waals surface area (Å²) in [5, 5.41) is 0.499. The zero-order valence-electron chi connectivity index (χ0n) is 16.6. The fourth-order valence-electron chi connectivity index (χ4n) is 3.32. The van der Waals surface area contributed by atoms with Crippen molar-refractivity contribution in [2.24, 2.45) is 0 Å². The number of carbonyl (C=O) groups is 3. The number of methoxy groups -OCH3 is 1. The average molecular weight is 436 g/mol. The third kappa shape index (κ3) is 4.15. The standard InChI is InChI=1S/C24H18ClNO5/c1-30-18-9-6-15(7-10-18)13-26-22(27)19-11-8-16(12-20(19)23(26)28)24(29)31-14-17-4-2-3-5-21(17)25/h2-12H,13-14H2,1H3. The van der Waals surface area contributed by atoms with Crippen molar-refractivity contribution in [3.05, 3.63) is 99.6 Å². The first-order valence-corrected chi connectivity index (χ1v) is 9.89. The zero-order chi connectivity index (χ0) is 22.0. The maximum absolute atomic E-state index is 12.8. The molecule has 0 N–H and O–H groups in total. The number of esters is 1. The quantitative estimate of drug-likeness (QED) is 0.421. The molecule has 0 radical (unpaired) electrons. The number of fused-ring (bicyclic) bond motifs is 1. The number of halogens is 1. The lowest BCUT2D eigenvalue weighted by atomic mass is 10.1. The van der Waals surface area contributed by atoms with Crippen molar-refractivity contribution in [3.63, 3.8) is 0 Å². The molecule has 0 aromatic heterocycles. The molecule has 0 saturated carbocycles. The van der Waals surface area contributed by atoms with Gasteiger partial charge < -0.3 is 9.47 Å². The number of benzene rings is 3. The predicted octanol–water partition coefficient (Wildman–Crippen LogP) is 4.50. The fraction of sp³-hybridized carbons (Fsp3) is 0.125. The Bertz CT molecular complexity index is 1170. The van der Waals surface area contributed by atoms with Crippen molar-refractivity contribution in [1.29, 1.82) is 0 Å². The van der Waals surface area contributed by atoms with E-state index in [1.54, 1.807) is 55.6 Å². The molecule has 0 spiro atoms. The number of amides is 2. The highest BCUT2D eigenvalue weighted by atomic mass is 35.5. The highest BCUT2D eigenvalue weighted by Crippen LogP contribution is 2.27. The van der Waals surface area contributed by atoms with E-state index in [4.69, 9.17) is 21.1 Å². The van der Waals surface area contributed by atoms with E-state index >= 15 is 0 Å². The minimum absolute atomic E-state index is 0.00601. The summed E-state index contributed by atoms with van der Waals surface area (Å²) in [6.07, 6.45) is 0. The molecule has 4 rings (SSSR count). The molecule has 3 aromatic rings. The smallest absolute Gasteiger partial charge is 0.338 e. The second-order valence-corrected chi connectivity index (χ2v) is 7.38. The molecule has 0 unspecified atom stereocenters. The van der Waals surface area contributed by atoms with Crippen LogP contribution in [-0.4, -0.2) is 29.8 Å². The Morgan fingerprint density at radius 1 is 0.935 bits per heavy atom. The van der Waals surface area contributed by atoms with Crippen LogP contribution >= 0.6 is 11.6 Å². The summed E-state index contributed by atoms with van der Waals surface area (Å²) in [5.41, 5.74) is 2.11. The van der Waals surface area contributed by atoms with Gasteiger partial charge in [0.05, 0.1) is 30.3 Å². The van der Waals surface area contributed by atoms with Gasteiger partial charge in [-0.25, -0.2) is 4.79 Å². The van der Waals surface area contributed by atoms with Gasteiger partial charge in [0.25, 0.3) is 11.8 Å². The Balaban J connectivity index is 1.49. The topological polar surface area (TPSA) is 72.9 Å². The summed E-state index contributed by atoms with van der Waals surface area (Å²) in [4.78, 5) is 39.2. The first-order chi connectivity index (χ1) is 15.0. The molecule has 31 heavy (non-hydrogen) atoms. The van der Waals surface area contributed by atoms with Crippen molar-refractivity contribution in [2.45, 2.75) is 13.2 Å². The Labute approximate surface area is 184 Å². The molecular formula is C24H18ClNO5. The van der Waals surface area contributed by atoms with E-state index in [0.717, 1.165) is 10.5 Å². The monoisotopic (exact) mass is 435 g/mol. The predicted molar refractivity (Wildman–Crippen MR) is 114 cm³/mol. The van der Waals surface area contributed by atoms with Crippen LogP contribution in [0.5, 0.6) is 5.75 Å². The van der Waals surface area contributed by atoms with Crippen LogP contribution in [0.2, 0.25) is 5.02 Å². The molecule has 1 aliphatic heterocycles. The van der Waals surface area contributed by atoms with Crippen LogP contribution in [0, 0.1) is 0 Å². The Kier molecular flexibility index (Phi) is 5.73. The van der Waals surface area contributed by atoms with Crippen molar-refractivity contribution >= 4 is 29.4 Å². The summed E-state index contributed by atoms with van der Waals surface area (Å²) in [5.74, 6) is -0.758. The van der Waals surface area contributed by atoms with Gasteiger partial charge in [0, 0.05) is 10.6 Å². The van der Waals surface area contributed by atoms with Crippen LogP contribution in [0.4, 0.5) is 0 Å². The third-order valence-electron chi connectivity index (χ3n) is 5.02. The largest absolute Gasteiger partial charge is 0.497 e. The lowest BCUT2D eigenvalue weighted by molar-refractivity contribution is 0.0472. The first kappa shape index (κ1) is 20.6.